The highest BCUT2D eigenvalue weighted by Crippen LogP contribution is 2.33. The molecule has 1 aliphatic rings. The lowest BCUT2D eigenvalue weighted by molar-refractivity contribution is 0.102. The molecular formula is C23H19N5O4S. The van der Waals surface area contributed by atoms with Crippen LogP contribution in [0.3, 0.4) is 0 Å². The summed E-state index contributed by atoms with van der Waals surface area (Å²) in [5.74, 6) is 0.657. The normalized spacial score (nSPS) is 13.6. The van der Waals surface area contributed by atoms with Gasteiger partial charge in [0.15, 0.2) is 10.9 Å². The van der Waals surface area contributed by atoms with E-state index in [1.165, 1.54) is 18.7 Å². The average Bonchev–Trinajstić information content (AvgIpc) is 3.55. The molecule has 0 unspecified atom stereocenters. The second kappa shape index (κ2) is 9.31. The molecular weight excluding hydrogens is 442 g/mol. The van der Waals surface area contributed by atoms with E-state index in [-0.39, 0.29) is 11.7 Å². The smallest absolute Gasteiger partial charge is 0.257 e. The molecule has 0 atom stereocenters. The third kappa shape index (κ3) is 4.52. The van der Waals surface area contributed by atoms with Gasteiger partial charge in [0, 0.05) is 42.8 Å². The van der Waals surface area contributed by atoms with Gasteiger partial charge >= 0.3 is 0 Å². The van der Waals surface area contributed by atoms with Gasteiger partial charge in [0.05, 0.1) is 19.5 Å². The Morgan fingerprint density at radius 1 is 1.03 bits per heavy atom. The van der Waals surface area contributed by atoms with Gasteiger partial charge in [0.25, 0.3) is 5.91 Å². The molecule has 1 fully saturated rings. The molecule has 1 aliphatic heterocycles. The van der Waals surface area contributed by atoms with Crippen LogP contribution in [-0.4, -0.2) is 52.9 Å². The summed E-state index contributed by atoms with van der Waals surface area (Å²) in [4.78, 5) is 41.2. The first-order valence-electron chi connectivity index (χ1n) is 10.3. The van der Waals surface area contributed by atoms with Crippen LogP contribution >= 0.6 is 11.3 Å². The highest BCUT2D eigenvalue weighted by Gasteiger charge is 2.24. The topological polar surface area (TPSA) is 110 Å². The monoisotopic (exact) mass is 461 g/mol. The number of ether oxygens (including phenoxy) is 1. The highest BCUT2D eigenvalue weighted by atomic mass is 32.1. The van der Waals surface area contributed by atoms with Gasteiger partial charge in [-0.15, -0.1) is 0 Å². The summed E-state index contributed by atoms with van der Waals surface area (Å²) in [5, 5.41) is 3.05. The lowest BCUT2D eigenvalue weighted by atomic mass is 10.1. The number of aromatic nitrogens is 3. The number of rotatable bonds is 6. The number of nitrogens with zero attached hydrogens (tertiary/aromatic N) is 4. The van der Waals surface area contributed by atoms with Crippen LogP contribution in [0.5, 0.6) is 0 Å². The summed E-state index contributed by atoms with van der Waals surface area (Å²) in [5.41, 5.74) is 1.24. The Morgan fingerprint density at radius 3 is 2.55 bits per heavy atom. The minimum atomic E-state index is -0.340. The molecule has 4 aromatic rings. The zero-order chi connectivity index (χ0) is 22.6. The number of carbonyl (C=O) groups excluding carboxylic acids is 2. The number of nitrogens with one attached hydrogen (secondary N) is 1. The molecule has 10 heteroatoms. The Hall–Kier alpha value is -3.89. The summed E-state index contributed by atoms with van der Waals surface area (Å²) in [6.45, 7) is 2.84. The quantitative estimate of drug-likeness (QED) is 0.434. The van der Waals surface area contributed by atoms with Crippen molar-refractivity contribution in [2.45, 2.75) is 0 Å². The first-order chi connectivity index (χ1) is 16.2. The van der Waals surface area contributed by atoms with Gasteiger partial charge < -0.3 is 14.1 Å². The SMILES string of the molecule is O=C(Nc1nc(-c2ccco2)c(C(=O)c2ccc(N3CCOCC3)nc2)s1)c1ccncc1. The lowest BCUT2D eigenvalue weighted by Gasteiger charge is -2.27. The first-order valence-corrected chi connectivity index (χ1v) is 11.1. The van der Waals surface area contributed by atoms with Crippen molar-refractivity contribution >= 4 is 34.0 Å². The van der Waals surface area contributed by atoms with Crippen molar-refractivity contribution in [3.8, 4) is 11.5 Å². The van der Waals surface area contributed by atoms with Gasteiger partial charge in [-0.2, -0.15) is 0 Å². The lowest BCUT2D eigenvalue weighted by Crippen LogP contribution is -2.36. The summed E-state index contributed by atoms with van der Waals surface area (Å²) >= 11 is 1.09. The molecule has 0 spiro atoms. The van der Waals surface area contributed by atoms with Crippen LogP contribution in [-0.2, 0) is 4.74 Å². The Morgan fingerprint density at radius 2 is 1.85 bits per heavy atom. The van der Waals surface area contributed by atoms with Gasteiger partial charge in [-0.3, -0.25) is 19.9 Å². The largest absolute Gasteiger partial charge is 0.463 e. The van der Waals surface area contributed by atoms with Crippen LogP contribution in [0.15, 0.2) is 65.7 Å². The van der Waals surface area contributed by atoms with Crippen molar-refractivity contribution in [3.05, 3.63) is 77.3 Å². The molecule has 0 radical (unpaired) electrons. The number of ketones is 1. The molecule has 0 saturated carbocycles. The van der Waals surface area contributed by atoms with E-state index in [9.17, 15) is 9.59 Å². The van der Waals surface area contributed by atoms with Crippen LogP contribution in [0.25, 0.3) is 11.5 Å². The van der Waals surface area contributed by atoms with E-state index < -0.39 is 0 Å². The molecule has 166 valence electrons. The number of pyridine rings is 2. The van der Waals surface area contributed by atoms with Crippen LogP contribution in [0.2, 0.25) is 0 Å². The fourth-order valence-electron chi connectivity index (χ4n) is 3.41. The molecule has 0 aromatic carbocycles. The van der Waals surface area contributed by atoms with Crippen molar-refractivity contribution in [3.63, 3.8) is 0 Å². The number of hydrogen-bond acceptors (Lipinski definition) is 9. The minimum absolute atomic E-state index is 0.246. The molecule has 1 N–H and O–H groups in total. The molecule has 4 aromatic heterocycles. The van der Waals surface area contributed by atoms with Gasteiger partial charge in [0.1, 0.15) is 16.4 Å². The number of carbonyl (C=O) groups is 2. The van der Waals surface area contributed by atoms with Gasteiger partial charge in [-0.25, -0.2) is 9.97 Å². The average molecular weight is 462 g/mol. The van der Waals surface area contributed by atoms with E-state index in [1.54, 1.807) is 36.5 Å². The van der Waals surface area contributed by atoms with Crippen LogP contribution < -0.4 is 10.2 Å². The zero-order valence-electron chi connectivity index (χ0n) is 17.4. The number of anilines is 2. The van der Waals surface area contributed by atoms with Gasteiger partial charge in [-0.05, 0) is 36.4 Å². The van der Waals surface area contributed by atoms with Gasteiger partial charge in [-0.1, -0.05) is 11.3 Å². The van der Waals surface area contributed by atoms with E-state index in [1.807, 2.05) is 6.07 Å². The predicted molar refractivity (Wildman–Crippen MR) is 123 cm³/mol. The minimum Gasteiger partial charge on any atom is -0.463 e. The Labute approximate surface area is 193 Å². The number of morpholine rings is 1. The van der Waals surface area contributed by atoms with Gasteiger partial charge in [0.2, 0.25) is 5.78 Å². The third-order valence-corrected chi connectivity index (χ3v) is 6.07. The van der Waals surface area contributed by atoms with Crippen molar-refractivity contribution in [2.75, 3.05) is 36.5 Å². The molecule has 5 rings (SSSR count). The second-order valence-corrected chi connectivity index (χ2v) is 8.20. The Balaban J connectivity index is 1.42. The number of thiazole rings is 1. The fraction of sp³-hybridized carbons (Fsp3) is 0.174. The molecule has 33 heavy (non-hydrogen) atoms. The number of amides is 1. The highest BCUT2D eigenvalue weighted by molar-refractivity contribution is 7.18. The predicted octanol–water partition coefficient (Wildman–Crippen LogP) is 3.51. The maximum atomic E-state index is 13.4. The third-order valence-electron chi connectivity index (χ3n) is 5.10. The fourth-order valence-corrected chi connectivity index (χ4v) is 4.34. The maximum Gasteiger partial charge on any atom is 0.257 e. The van der Waals surface area contributed by atoms with Crippen LogP contribution in [0.1, 0.15) is 25.6 Å². The molecule has 5 heterocycles. The standard InChI is InChI=1S/C23H19N5O4S/c29-20(16-3-4-18(25-14-16)28-9-12-31-13-10-28)21-19(17-2-1-11-32-17)26-23(33-21)27-22(30)15-5-7-24-8-6-15/h1-8,11,14H,9-10,12-13H2,(H,26,27,30). The van der Waals surface area contributed by atoms with E-state index in [2.05, 4.69) is 25.2 Å². The Kier molecular flexibility index (Phi) is 5.92. The summed E-state index contributed by atoms with van der Waals surface area (Å²) in [7, 11) is 0. The van der Waals surface area contributed by atoms with E-state index in [0.29, 0.717) is 45.8 Å². The second-order valence-electron chi connectivity index (χ2n) is 7.20. The van der Waals surface area contributed by atoms with Crippen molar-refractivity contribution in [1.82, 2.24) is 15.0 Å². The van der Waals surface area contributed by atoms with Crippen molar-refractivity contribution < 1.29 is 18.7 Å². The Bertz CT molecular complexity index is 1250. The molecule has 1 saturated heterocycles. The van der Waals surface area contributed by atoms with Crippen LogP contribution in [0.4, 0.5) is 10.9 Å². The molecule has 0 bridgehead atoms. The zero-order valence-corrected chi connectivity index (χ0v) is 18.2. The van der Waals surface area contributed by atoms with E-state index >= 15 is 0 Å². The van der Waals surface area contributed by atoms with E-state index in [0.717, 1.165) is 30.2 Å². The number of furan rings is 1. The van der Waals surface area contributed by atoms with E-state index in [4.69, 9.17) is 9.15 Å². The summed E-state index contributed by atoms with van der Waals surface area (Å²) in [6.07, 6.45) is 6.14. The molecule has 0 aliphatic carbocycles. The van der Waals surface area contributed by atoms with Crippen molar-refractivity contribution in [2.24, 2.45) is 0 Å². The first kappa shape index (κ1) is 21.0. The summed E-state index contributed by atoms with van der Waals surface area (Å²) < 4.78 is 10.9. The van der Waals surface area contributed by atoms with Crippen LogP contribution in [0, 0.1) is 0 Å². The summed E-state index contributed by atoms with van der Waals surface area (Å²) in [6, 6.07) is 10.2. The molecule has 9 nitrogen and oxygen atoms in total. The molecule has 1 amide bonds. The van der Waals surface area contributed by atoms with Crippen molar-refractivity contribution in [1.29, 1.82) is 0 Å². The maximum absolute atomic E-state index is 13.4. The number of hydrogen-bond donors (Lipinski definition) is 1.